The molecule has 1 heterocycles. The van der Waals surface area contributed by atoms with Crippen molar-refractivity contribution in [2.45, 2.75) is 28.3 Å². The predicted octanol–water partition coefficient (Wildman–Crippen LogP) is 0.843. The Morgan fingerprint density at radius 3 is 2.45 bits per heavy atom. The van der Waals surface area contributed by atoms with Crippen LogP contribution in [0.25, 0.3) is 0 Å². The van der Waals surface area contributed by atoms with Crippen molar-refractivity contribution >= 4 is 22.1 Å². The molecule has 62 valence electrons. The second kappa shape index (κ2) is 3.13. The molecule has 0 aliphatic heterocycles. The quantitative estimate of drug-likeness (QED) is 0.738. The Kier molecular flexibility index (Phi) is 2.57. The number of hydrogen-bond donors (Lipinski definition) is 0. The van der Waals surface area contributed by atoms with E-state index in [1.54, 1.807) is 0 Å². The molecule has 0 unspecified atom stereocenters. The summed E-state index contributed by atoms with van der Waals surface area (Å²) in [6, 6.07) is 0. The van der Waals surface area contributed by atoms with E-state index >= 15 is 0 Å². The first-order valence-corrected chi connectivity index (χ1v) is 13.9. The average Bonchev–Trinajstić information content (AvgIpc) is 2.31. The molecule has 0 aliphatic carbocycles. The summed E-state index contributed by atoms with van der Waals surface area (Å²) in [5.74, 6) is 0. The van der Waals surface area contributed by atoms with Crippen LogP contribution in [0.2, 0.25) is 14.8 Å². The van der Waals surface area contributed by atoms with Crippen LogP contribution in [-0.4, -0.2) is 33.4 Å². The summed E-state index contributed by atoms with van der Waals surface area (Å²) < 4.78 is 3.43. The van der Waals surface area contributed by atoms with Crippen molar-refractivity contribution in [3.8, 4) is 0 Å². The SMILES string of the molecule is CCn1nnc[c]1[Sn]([CH3])([CH3])[CH3]. The molecule has 0 spiro atoms. The second-order valence-corrected chi connectivity index (χ2v) is 18.0. The first-order chi connectivity index (χ1) is 5.05. The predicted molar refractivity (Wildman–Crippen MR) is 48.7 cm³/mol. The molecule has 0 N–H and O–H groups in total. The van der Waals surface area contributed by atoms with Crippen molar-refractivity contribution < 1.29 is 0 Å². The monoisotopic (exact) mass is 261 g/mol. The van der Waals surface area contributed by atoms with Gasteiger partial charge in [0.15, 0.2) is 0 Å². The molecule has 0 aliphatic rings. The van der Waals surface area contributed by atoms with E-state index in [0.29, 0.717) is 0 Å². The van der Waals surface area contributed by atoms with Gasteiger partial charge >= 0.3 is 71.6 Å². The van der Waals surface area contributed by atoms with E-state index in [1.807, 2.05) is 10.9 Å². The van der Waals surface area contributed by atoms with E-state index < -0.39 is 18.4 Å². The molecule has 4 heteroatoms. The van der Waals surface area contributed by atoms with Gasteiger partial charge in [-0.2, -0.15) is 0 Å². The summed E-state index contributed by atoms with van der Waals surface area (Å²) in [5.41, 5.74) is 0. The van der Waals surface area contributed by atoms with Crippen LogP contribution in [0.15, 0.2) is 6.20 Å². The van der Waals surface area contributed by atoms with Crippen LogP contribution < -0.4 is 3.71 Å². The molecular formula is C7H15N3Sn. The Labute approximate surface area is 71.7 Å². The van der Waals surface area contributed by atoms with Gasteiger partial charge in [0.25, 0.3) is 0 Å². The molecule has 1 aromatic heterocycles. The van der Waals surface area contributed by atoms with Crippen molar-refractivity contribution in [1.82, 2.24) is 15.0 Å². The number of hydrogen-bond acceptors (Lipinski definition) is 2. The van der Waals surface area contributed by atoms with Crippen LogP contribution in [0, 0.1) is 0 Å². The van der Waals surface area contributed by atoms with Gasteiger partial charge in [-0.3, -0.25) is 0 Å². The Morgan fingerprint density at radius 2 is 2.09 bits per heavy atom. The minimum atomic E-state index is -1.91. The molecule has 0 radical (unpaired) electrons. The second-order valence-electron chi connectivity index (χ2n) is 3.69. The van der Waals surface area contributed by atoms with E-state index in [2.05, 4.69) is 32.1 Å². The van der Waals surface area contributed by atoms with Crippen molar-refractivity contribution in [3.05, 3.63) is 6.20 Å². The van der Waals surface area contributed by atoms with Gasteiger partial charge in [0.2, 0.25) is 0 Å². The third-order valence-corrected chi connectivity index (χ3v) is 7.18. The van der Waals surface area contributed by atoms with Gasteiger partial charge in [0.05, 0.1) is 0 Å². The van der Waals surface area contributed by atoms with Crippen LogP contribution in [0.5, 0.6) is 0 Å². The third-order valence-electron chi connectivity index (χ3n) is 1.69. The van der Waals surface area contributed by atoms with Crippen LogP contribution in [0.1, 0.15) is 6.92 Å². The zero-order valence-electron chi connectivity index (χ0n) is 7.63. The maximum atomic E-state index is 4.02. The summed E-state index contributed by atoms with van der Waals surface area (Å²) in [6.45, 7) is 3.05. The minimum absolute atomic E-state index is 0.948. The van der Waals surface area contributed by atoms with Crippen LogP contribution in [0.4, 0.5) is 0 Å². The molecule has 0 fully saturated rings. The maximum absolute atomic E-state index is 4.02. The molecule has 0 amide bonds. The summed E-state index contributed by atoms with van der Waals surface area (Å²) in [5, 5.41) is 7.95. The molecule has 0 bridgehead atoms. The van der Waals surface area contributed by atoms with Crippen LogP contribution in [-0.2, 0) is 6.54 Å². The topological polar surface area (TPSA) is 30.7 Å². The Balaban J connectivity index is 3.02. The van der Waals surface area contributed by atoms with E-state index in [-0.39, 0.29) is 0 Å². The normalized spacial score (nSPS) is 12.0. The average molecular weight is 260 g/mol. The van der Waals surface area contributed by atoms with Crippen molar-refractivity contribution in [2.24, 2.45) is 0 Å². The Bertz CT molecular complexity index is 236. The van der Waals surface area contributed by atoms with Gasteiger partial charge in [-0.15, -0.1) is 0 Å². The molecule has 1 rings (SSSR count). The van der Waals surface area contributed by atoms with Gasteiger partial charge in [-0.25, -0.2) is 0 Å². The molecule has 0 atom stereocenters. The molecule has 0 saturated heterocycles. The van der Waals surface area contributed by atoms with E-state index in [4.69, 9.17) is 0 Å². The number of rotatable bonds is 2. The molecular weight excluding hydrogens is 245 g/mol. The summed E-state index contributed by atoms with van der Waals surface area (Å²) in [6.07, 6.45) is 1.93. The van der Waals surface area contributed by atoms with Crippen molar-refractivity contribution in [3.63, 3.8) is 0 Å². The summed E-state index contributed by atoms with van der Waals surface area (Å²) in [4.78, 5) is 7.12. The van der Waals surface area contributed by atoms with Gasteiger partial charge in [-0.1, -0.05) is 0 Å². The van der Waals surface area contributed by atoms with Gasteiger partial charge < -0.3 is 0 Å². The number of aryl methyl sites for hydroxylation is 1. The summed E-state index contributed by atoms with van der Waals surface area (Å²) in [7, 11) is 0. The zero-order chi connectivity index (χ0) is 8.48. The van der Waals surface area contributed by atoms with Gasteiger partial charge in [0.1, 0.15) is 0 Å². The first kappa shape index (κ1) is 9.03. The van der Waals surface area contributed by atoms with Crippen LogP contribution in [0.3, 0.4) is 0 Å². The third kappa shape index (κ3) is 1.95. The fourth-order valence-electron chi connectivity index (χ4n) is 1.07. The van der Waals surface area contributed by atoms with Crippen molar-refractivity contribution in [1.29, 1.82) is 0 Å². The van der Waals surface area contributed by atoms with Crippen LogP contribution >= 0.6 is 0 Å². The van der Waals surface area contributed by atoms with Gasteiger partial charge in [-0.05, 0) is 0 Å². The van der Waals surface area contributed by atoms with E-state index in [0.717, 1.165) is 6.54 Å². The Hall–Kier alpha value is -0.0613. The zero-order valence-corrected chi connectivity index (χ0v) is 10.5. The molecule has 11 heavy (non-hydrogen) atoms. The number of nitrogens with zero attached hydrogens (tertiary/aromatic N) is 3. The molecule has 0 aromatic carbocycles. The van der Waals surface area contributed by atoms with Gasteiger partial charge in [0, 0.05) is 0 Å². The standard InChI is InChI=1S/C4H6N3.3CH3.Sn/c1-2-7-4-3-5-6-7;;;;/h3H,2H2,1H3;3*1H3;. The van der Waals surface area contributed by atoms with E-state index in [1.165, 1.54) is 3.71 Å². The number of aromatic nitrogens is 3. The molecule has 3 nitrogen and oxygen atoms in total. The summed E-state index contributed by atoms with van der Waals surface area (Å²) >= 11 is -1.91. The van der Waals surface area contributed by atoms with Crippen molar-refractivity contribution in [2.75, 3.05) is 0 Å². The first-order valence-electron chi connectivity index (χ1n) is 3.94. The molecule has 1 aromatic rings. The fraction of sp³-hybridized carbons (Fsp3) is 0.714. The Morgan fingerprint density at radius 1 is 1.45 bits per heavy atom. The van der Waals surface area contributed by atoms with E-state index in [9.17, 15) is 0 Å². The fourth-order valence-corrected chi connectivity index (χ4v) is 5.13. The molecule has 0 saturated carbocycles.